The molecule has 2 aromatic heterocycles. The van der Waals surface area contributed by atoms with Crippen LogP contribution in [0.15, 0.2) is 36.0 Å². The Kier molecular flexibility index (Phi) is 4.14. The molecule has 3 aromatic rings. The van der Waals surface area contributed by atoms with E-state index in [2.05, 4.69) is 9.97 Å². The quantitative estimate of drug-likeness (QED) is 0.746. The second-order valence-corrected chi connectivity index (χ2v) is 7.47. The molecule has 1 aromatic carbocycles. The van der Waals surface area contributed by atoms with Gasteiger partial charge in [-0.15, -0.1) is 11.3 Å². The summed E-state index contributed by atoms with van der Waals surface area (Å²) in [6.45, 7) is 1.64. The van der Waals surface area contributed by atoms with E-state index in [1.165, 1.54) is 0 Å². The van der Waals surface area contributed by atoms with Gasteiger partial charge in [0.15, 0.2) is 11.5 Å². The van der Waals surface area contributed by atoms with Gasteiger partial charge >= 0.3 is 0 Å². The number of rotatable bonds is 3. The van der Waals surface area contributed by atoms with Gasteiger partial charge in [0.05, 0.1) is 6.10 Å². The van der Waals surface area contributed by atoms with E-state index in [1.54, 1.807) is 17.5 Å². The van der Waals surface area contributed by atoms with E-state index >= 15 is 0 Å². The number of aliphatic hydroxyl groups is 1. The molecular formula is C19H18N4O3S. The molecule has 1 N–H and O–H groups in total. The van der Waals surface area contributed by atoms with Gasteiger partial charge in [-0.2, -0.15) is 0 Å². The highest BCUT2D eigenvalue weighted by Crippen LogP contribution is 2.39. The van der Waals surface area contributed by atoms with Crippen LogP contribution in [0.5, 0.6) is 11.5 Å². The summed E-state index contributed by atoms with van der Waals surface area (Å²) >= 11 is 1.54. The predicted octanol–water partition coefficient (Wildman–Crippen LogP) is 2.96. The minimum Gasteiger partial charge on any atom is -0.454 e. The van der Waals surface area contributed by atoms with Crippen LogP contribution in [0, 0.1) is 0 Å². The van der Waals surface area contributed by atoms with E-state index < -0.39 is 0 Å². The zero-order valence-corrected chi connectivity index (χ0v) is 15.4. The van der Waals surface area contributed by atoms with Crippen molar-refractivity contribution in [1.29, 1.82) is 0 Å². The van der Waals surface area contributed by atoms with Crippen LogP contribution in [-0.2, 0) is 0 Å². The van der Waals surface area contributed by atoms with Gasteiger partial charge in [-0.25, -0.2) is 15.0 Å². The number of thiazole rings is 1. The standard InChI is InChI=1S/C19H18N4O3S/c24-13-2-1-6-23(10-13)19-21-9-14(17(22-19)18-20-5-7-27-18)12-3-4-15-16(8-12)26-11-25-15/h3-5,7-9,13,24H,1-2,6,10-11H2/t13-/m1/s1. The second kappa shape index (κ2) is 6.79. The molecule has 8 heteroatoms. The van der Waals surface area contributed by atoms with Crippen molar-refractivity contribution >= 4 is 17.3 Å². The summed E-state index contributed by atoms with van der Waals surface area (Å²) in [4.78, 5) is 15.9. The average molecular weight is 382 g/mol. The molecule has 0 amide bonds. The lowest BCUT2D eigenvalue weighted by molar-refractivity contribution is 0.153. The van der Waals surface area contributed by atoms with E-state index in [9.17, 15) is 5.11 Å². The maximum atomic E-state index is 9.98. The second-order valence-electron chi connectivity index (χ2n) is 6.58. The molecule has 138 valence electrons. The number of benzene rings is 1. The maximum Gasteiger partial charge on any atom is 0.231 e. The minimum absolute atomic E-state index is 0.241. The maximum absolute atomic E-state index is 9.98. The number of hydrogen-bond donors (Lipinski definition) is 1. The van der Waals surface area contributed by atoms with Gasteiger partial charge in [0.2, 0.25) is 12.7 Å². The molecule has 7 nitrogen and oxygen atoms in total. The van der Waals surface area contributed by atoms with Gasteiger partial charge in [0.1, 0.15) is 10.7 Å². The lowest BCUT2D eigenvalue weighted by atomic mass is 10.0. The highest BCUT2D eigenvalue weighted by atomic mass is 32.1. The first-order chi connectivity index (χ1) is 13.3. The van der Waals surface area contributed by atoms with Crippen molar-refractivity contribution in [2.24, 2.45) is 0 Å². The highest BCUT2D eigenvalue weighted by Gasteiger charge is 2.23. The van der Waals surface area contributed by atoms with Gasteiger partial charge in [-0.3, -0.25) is 0 Å². The van der Waals surface area contributed by atoms with Gasteiger partial charge in [-0.1, -0.05) is 6.07 Å². The molecule has 5 rings (SSSR count). The molecule has 0 radical (unpaired) electrons. The summed E-state index contributed by atoms with van der Waals surface area (Å²) in [7, 11) is 0. The normalized spacial score (nSPS) is 18.7. The zero-order chi connectivity index (χ0) is 18.2. The average Bonchev–Trinajstić information content (AvgIpc) is 3.39. The van der Waals surface area contributed by atoms with E-state index in [-0.39, 0.29) is 12.9 Å². The van der Waals surface area contributed by atoms with Gasteiger partial charge < -0.3 is 19.5 Å². The Morgan fingerprint density at radius 3 is 2.96 bits per heavy atom. The number of ether oxygens (including phenoxy) is 2. The van der Waals surface area contributed by atoms with Crippen LogP contribution < -0.4 is 14.4 Å². The molecule has 1 fully saturated rings. The molecule has 27 heavy (non-hydrogen) atoms. The summed E-state index contributed by atoms with van der Waals surface area (Å²) in [6.07, 6.45) is 5.03. The Labute approximate surface area is 160 Å². The Morgan fingerprint density at radius 2 is 2.11 bits per heavy atom. The number of aliphatic hydroxyl groups excluding tert-OH is 1. The first-order valence-corrected chi connectivity index (χ1v) is 9.76. The van der Waals surface area contributed by atoms with Crippen LogP contribution in [0.2, 0.25) is 0 Å². The SMILES string of the molecule is O[C@@H]1CCCN(c2ncc(-c3ccc4c(c3)OCO4)c(-c3nccs3)n2)C1. The van der Waals surface area contributed by atoms with Crippen LogP contribution in [0.4, 0.5) is 5.95 Å². The number of β-amino-alcohol motifs (C(OH)–C–C–N with tert-alkyl or cyclic N) is 1. The Hall–Kier alpha value is -2.71. The molecule has 1 atom stereocenters. The van der Waals surface area contributed by atoms with Crippen molar-refractivity contribution in [2.45, 2.75) is 18.9 Å². The minimum atomic E-state index is -0.334. The first kappa shape index (κ1) is 16.5. The van der Waals surface area contributed by atoms with Crippen molar-refractivity contribution < 1.29 is 14.6 Å². The Morgan fingerprint density at radius 1 is 1.19 bits per heavy atom. The van der Waals surface area contributed by atoms with Gasteiger partial charge in [0.25, 0.3) is 0 Å². The fourth-order valence-corrected chi connectivity index (χ4v) is 4.08. The van der Waals surface area contributed by atoms with Crippen molar-refractivity contribution in [3.05, 3.63) is 36.0 Å². The van der Waals surface area contributed by atoms with Gasteiger partial charge in [0, 0.05) is 36.4 Å². The molecular weight excluding hydrogens is 364 g/mol. The molecule has 0 spiro atoms. The Bertz CT molecular complexity index is 964. The zero-order valence-electron chi connectivity index (χ0n) is 14.5. The third-order valence-corrected chi connectivity index (χ3v) is 5.55. The smallest absolute Gasteiger partial charge is 0.231 e. The van der Waals surface area contributed by atoms with Gasteiger partial charge in [-0.05, 0) is 30.5 Å². The topological polar surface area (TPSA) is 80.6 Å². The largest absolute Gasteiger partial charge is 0.454 e. The fraction of sp³-hybridized carbons (Fsp3) is 0.316. The molecule has 0 bridgehead atoms. The number of fused-ring (bicyclic) bond motifs is 1. The van der Waals surface area contributed by atoms with Crippen molar-refractivity contribution in [1.82, 2.24) is 15.0 Å². The molecule has 0 saturated carbocycles. The first-order valence-electron chi connectivity index (χ1n) is 8.88. The van der Waals surface area contributed by atoms with Crippen LogP contribution in [-0.4, -0.2) is 46.0 Å². The molecule has 0 unspecified atom stereocenters. The van der Waals surface area contributed by atoms with Crippen molar-refractivity contribution in [2.75, 3.05) is 24.8 Å². The van der Waals surface area contributed by atoms with Crippen molar-refractivity contribution in [3.63, 3.8) is 0 Å². The van der Waals surface area contributed by atoms with Crippen LogP contribution in [0.3, 0.4) is 0 Å². The number of aromatic nitrogens is 3. The number of anilines is 1. The lowest BCUT2D eigenvalue weighted by Crippen LogP contribution is -2.39. The van der Waals surface area contributed by atoms with Crippen LogP contribution in [0.25, 0.3) is 21.8 Å². The monoisotopic (exact) mass is 382 g/mol. The Balaban J connectivity index is 1.59. The molecule has 0 aliphatic carbocycles. The summed E-state index contributed by atoms with van der Waals surface area (Å²) in [5.41, 5.74) is 2.63. The molecule has 2 aliphatic heterocycles. The number of piperidine rings is 1. The third-order valence-electron chi connectivity index (χ3n) is 4.77. The van der Waals surface area contributed by atoms with E-state index in [0.29, 0.717) is 12.5 Å². The number of nitrogens with zero attached hydrogens (tertiary/aromatic N) is 4. The highest BCUT2D eigenvalue weighted by molar-refractivity contribution is 7.13. The lowest BCUT2D eigenvalue weighted by Gasteiger charge is -2.30. The van der Waals surface area contributed by atoms with E-state index in [1.807, 2.05) is 34.7 Å². The molecule has 2 aliphatic rings. The van der Waals surface area contributed by atoms with Crippen molar-refractivity contribution in [3.8, 4) is 33.3 Å². The van der Waals surface area contributed by atoms with Crippen LogP contribution in [0.1, 0.15) is 12.8 Å². The summed E-state index contributed by atoms with van der Waals surface area (Å²) in [5.74, 6) is 2.10. The molecule has 1 saturated heterocycles. The summed E-state index contributed by atoms with van der Waals surface area (Å²) in [6, 6.07) is 5.83. The third kappa shape index (κ3) is 3.11. The predicted molar refractivity (Wildman–Crippen MR) is 102 cm³/mol. The summed E-state index contributed by atoms with van der Waals surface area (Å²) < 4.78 is 10.9. The van der Waals surface area contributed by atoms with E-state index in [4.69, 9.17) is 14.5 Å². The summed E-state index contributed by atoms with van der Waals surface area (Å²) in [5, 5.41) is 12.8. The molecule has 4 heterocycles. The fourth-order valence-electron chi connectivity index (χ4n) is 3.44. The van der Waals surface area contributed by atoms with Crippen LogP contribution >= 0.6 is 11.3 Å². The number of hydrogen-bond acceptors (Lipinski definition) is 8. The van der Waals surface area contributed by atoms with E-state index in [0.717, 1.165) is 52.7 Å².